The van der Waals surface area contributed by atoms with Gasteiger partial charge in [-0.25, -0.2) is 0 Å². The molecule has 3 aliphatic rings. The first-order valence-corrected chi connectivity index (χ1v) is 29.2. The van der Waals surface area contributed by atoms with E-state index in [-0.39, 0.29) is 94.4 Å². The number of carboxylic acid groups (broad SMARTS) is 1. The maximum Gasteiger partial charge on any atom is 0.309 e. The average molecular weight is 1270 g/mol. The number of aromatic nitrogens is 2. The number of benzene rings is 3. The number of epoxide rings is 3. The van der Waals surface area contributed by atoms with E-state index in [1.807, 2.05) is 92.7 Å². The molecule has 3 aromatic carbocycles. The van der Waals surface area contributed by atoms with Gasteiger partial charge in [0.2, 0.25) is 5.91 Å². The lowest BCUT2D eigenvalue weighted by Gasteiger charge is -2.24. The van der Waals surface area contributed by atoms with E-state index < -0.39 is 88.1 Å². The Bertz CT molecular complexity index is 3090. The Morgan fingerprint density at radius 1 is 0.527 bits per heavy atom. The predicted octanol–water partition coefficient (Wildman–Crippen LogP) is 4.84. The highest BCUT2D eigenvalue weighted by Gasteiger charge is 2.51. The van der Waals surface area contributed by atoms with Gasteiger partial charge in [-0.15, -0.1) is 0 Å². The summed E-state index contributed by atoms with van der Waals surface area (Å²) < 4.78 is 45.3. The van der Waals surface area contributed by atoms with Gasteiger partial charge in [-0.3, -0.25) is 43.2 Å². The van der Waals surface area contributed by atoms with Crippen molar-refractivity contribution in [2.45, 2.75) is 122 Å². The highest BCUT2D eigenvalue weighted by Crippen LogP contribution is 2.32. The van der Waals surface area contributed by atoms with Crippen molar-refractivity contribution in [3.8, 4) is 0 Å². The Morgan fingerprint density at radius 2 is 0.890 bits per heavy atom. The third kappa shape index (κ3) is 24.3. The molecule has 496 valence electrons. The van der Waals surface area contributed by atoms with E-state index in [1.165, 1.54) is 46.1 Å². The fourth-order valence-electron chi connectivity index (χ4n) is 9.20. The average Bonchev–Trinajstić information content (AvgIpc) is 1.68. The molecule has 0 unspecified atom stereocenters. The highest BCUT2D eigenvalue weighted by molar-refractivity contribution is 6.00. The van der Waals surface area contributed by atoms with E-state index in [9.17, 15) is 43.2 Å². The minimum absolute atomic E-state index is 0. The van der Waals surface area contributed by atoms with Gasteiger partial charge >= 0.3 is 5.97 Å². The number of hydrogen-bond acceptors (Lipinski definition) is 21. The number of Topliss-reactive ketones (excluding diaryl/α,β-unsaturated/α-hetero) is 5. The normalized spacial score (nSPS) is 19.6. The molecule has 0 aliphatic carbocycles. The molecule has 3 fully saturated rings. The number of amides is 3. The van der Waals surface area contributed by atoms with Crippen LogP contribution in [-0.2, 0) is 86.0 Å². The van der Waals surface area contributed by atoms with E-state index in [0.717, 1.165) is 17.5 Å². The maximum absolute atomic E-state index is 13.3. The SMILES string of the molecule is C.COC[C@H](CC(=O)[C@H](COC)NC(=O)c1cc(C)on1)C(=O)N[C@@H](Cc1ccccc1)C(=O)[C@@]1(C)CO1.COC[C@H](CC(=O)[C@H](COC)NC(=O)c1cc(C)on1)C(=O)O.C[C@@H](Cc1ccccc1)C(=O)[C@@]1(C)CO1.C[C@]1(C(=O)[C@@H](N)Cc2ccccc2)CO1. The highest BCUT2D eigenvalue weighted by atomic mass is 16.6. The first-order valence-electron chi connectivity index (χ1n) is 29.2. The number of nitrogens with one attached hydrogen (secondary N) is 3. The summed E-state index contributed by atoms with van der Waals surface area (Å²) in [6.45, 7) is 11.6. The molecule has 25 nitrogen and oxygen atoms in total. The third-order valence-corrected chi connectivity index (χ3v) is 14.8. The smallest absolute Gasteiger partial charge is 0.309 e. The molecule has 5 heterocycles. The molecule has 0 spiro atoms. The molecular formula is C66H88N6O19. The fraction of sp³-hybridized carbons (Fsp3) is 0.500. The van der Waals surface area contributed by atoms with Crippen molar-refractivity contribution in [3.63, 3.8) is 0 Å². The summed E-state index contributed by atoms with van der Waals surface area (Å²) in [5.41, 5.74) is 7.05. The molecule has 2 aromatic heterocycles. The second kappa shape index (κ2) is 36.1. The van der Waals surface area contributed by atoms with Gasteiger partial charge in [0.05, 0.1) is 70.2 Å². The summed E-state index contributed by atoms with van der Waals surface area (Å²) in [5, 5.41) is 24.1. The van der Waals surface area contributed by atoms with Crippen LogP contribution >= 0.6 is 0 Å². The van der Waals surface area contributed by atoms with Crippen LogP contribution in [0.1, 0.15) is 97.2 Å². The van der Waals surface area contributed by atoms with Crippen molar-refractivity contribution in [1.29, 1.82) is 0 Å². The van der Waals surface area contributed by atoms with Crippen LogP contribution in [0.2, 0.25) is 0 Å². The summed E-state index contributed by atoms with van der Waals surface area (Å²) in [6.07, 6.45) is 1.13. The number of carbonyl (C=O) groups excluding carboxylic acids is 8. The summed E-state index contributed by atoms with van der Waals surface area (Å²) >= 11 is 0. The predicted molar refractivity (Wildman–Crippen MR) is 331 cm³/mol. The zero-order valence-corrected chi connectivity index (χ0v) is 52.6. The third-order valence-electron chi connectivity index (χ3n) is 14.8. The maximum atomic E-state index is 13.3. The zero-order chi connectivity index (χ0) is 66.2. The Hall–Kier alpha value is -8.01. The van der Waals surface area contributed by atoms with Gasteiger partial charge in [0.15, 0.2) is 40.3 Å². The first-order chi connectivity index (χ1) is 42.8. The summed E-state index contributed by atoms with van der Waals surface area (Å²) in [5.74, 6) is -4.71. The van der Waals surface area contributed by atoms with Gasteiger partial charge in [-0.05, 0) is 70.6 Å². The number of carbonyl (C=O) groups is 9. The van der Waals surface area contributed by atoms with Crippen LogP contribution in [0.3, 0.4) is 0 Å². The second-order valence-electron chi connectivity index (χ2n) is 22.9. The van der Waals surface area contributed by atoms with E-state index in [2.05, 4.69) is 38.4 Å². The summed E-state index contributed by atoms with van der Waals surface area (Å²) in [7, 11) is 5.53. The number of rotatable bonds is 33. The van der Waals surface area contributed by atoms with Crippen molar-refractivity contribution in [2.24, 2.45) is 23.5 Å². The molecule has 25 heteroatoms. The zero-order valence-electron chi connectivity index (χ0n) is 52.6. The van der Waals surface area contributed by atoms with Crippen molar-refractivity contribution in [3.05, 3.63) is 143 Å². The van der Waals surface area contributed by atoms with Gasteiger partial charge in [-0.2, -0.15) is 0 Å². The summed E-state index contributed by atoms with van der Waals surface area (Å²) in [4.78, 5) is 111. The largest absolute Gasteiger partial charge is 0.481 e. The van der Waals surface area contributed by atoms with Gasteiger partial charge in [0.25, 0.3) is 11.8 Å². The number of nitrogens with zero attached hydrogens (tertiary/aromatic N) is 2. The lowest BCUT2D eigenvalue weighted by atomic mass is 9.90. The van der Waals surface area contributed by atoms with E-state index >= 15 is 0 Å². The molecule has 5 aromatic rings. The molecule has 0 radical (unpaired) electrons. The molecular weight excluding hydrogens is 1180 g/mol. The molecule has 91 heavy (non-hydrogen) atoms. The Kier molecular flexibility index (Phi) is 30.0. The van der Waals surface area contributed by atoms with Crippen LogP contribution in [0.5, 0.6) is 0 Å². The number of ketones is 5. The number of aliphatic carboxylic acids is 1. The Balaban J connectivity index is 0.000000279. The lowest BCUT2D eigenvalue weighted by molar-refractivity contribution is -0.146. The standard InChI is InChI=1S/C26H33N3O8.C14H20N2O7.C13H16O2.C12H15NO2.CH4/c1-16-10-20(29-37-16)25(33)28-21(14-35-4)22(30)12-18(13-34-3)24(32)27-19(23(31)26(2)15-36-26)11-17-8-6-5-7-9-17;1-8-4-10(16-23-8)13(18)15-11(7-22-3)12(17)5-9(6-21-2)14(19)20;1-10(12(14)13(2)9-15-13)8-11-6-4-3-5-7-11;1-12(8-15-12)11(14)10(13)7-9-5-3-2-4-6-9;/h5-10,18-19,21H,11-15H2,1-4H3,(H,27,32)(H,28,33);4,9,11H,5-7H2,1-3H3,(H,15,18)(H,19,20);3-7,10H,8-9H2,1-2H3;2-6,10H,7-8,13H2,1H3;1H4/t18-,19-,21-,26+;9-,11-;10-,13+;10-,12+;/m0000./s1. The number of methoxy groups -OCH3 is 4. The molecule has 3 amide bonds. The number of ether oxygens (including phenoxy) is 7. The molecule has 0 bridgehead atoms. The van der Waals surface area contributed by atoms with Crippen molar-refractivity contribution >= 4 is 52.6 Å². The monoisotopic (exact) mass is 1270 g/mol. The minimum atomic E-state index is -1.14. The van der Waals surface area contributed by atoms with E-state index in [0.29, 0.717) is 31.2 Å². The van der Waals surface area contributed by atoms with Crippen LogP contribution in [0.25, 0.3) is 0 Å². The fourth-order valence-corrected chi connectivity index (χ4v) is 9.20. The van der Waals surface area contributed by atoms with Gasteiger partial charge < -0.3 is 69.0 Å². The van der Waals surface area contributed by atoms with Crippen molar-refractivity contribution < 1.29 is 90.5 Å². The van der Waals surface area contributed by atoms with Crippen molar-refractivity contribution in [1.82, 2.24) is 26.3 Å². The summed E-state index contributed by atoms with van der Waals surface area (Å²) in [6, 6.07) is 28.8. The van der Waals surface area contributed by atoms with Gasteiger partial charge in [0.1, 0.15) is 40.4 Å². The van der Waals surface area contributed by atoms with E-state index in [1.54, 1.807) is 27.7 Å². The first kappa shape index (κ1) is 75.4. The van der Waals surface area contributed by atoms with Crippen molar-refractivity contribution in [2.75, 3.05) is 74.7 Å². The topological polar surface area (TPSA) is 363 Å². The molecule has 3 aliphatic heterocycles. The number of carboxylic acids is 1. The number of aryl methyl sites for hydroxylation is 2. The quantitative estimate of drug-likeness (QED) is 0.0351. The minimum Gasteiger partial charge on any atom is -0.481 e. The molecule has 6 N–H and O–H groups in total. The van der Waals surface area contributed by atoms with Gasteiger partial charge in [-0.1, -0.05) is 116 Å². The number of hydrogen-bond donors (Lipinski definition) is 5. The van der Waals surface area contributed by atoms with Gasteiger partial charge in [0, 0.05) is 59.3 Å². The lowest BCUT2D eigenvalue weighted by Crippen LogP contribution is -2.51. The molecule has 3 saturated heterocycles. The van der Waals surface area contributed by atoms with Crippen LogP contribution < -0.4 is 21.7 Å². The van der Waals surface area contributed by atoms with Crippen LogP contribution in [-0.4, -0.2) is 184 Å². The Morgan fingerprint density at radius 3 is 1.26 bits per heavy atom. The van der Waals surface area contributed by atoms with Crippen LogP contribution in [0.4, 0.5) is 0 Å². The molecule has 8 rings (SSSR count). The number of nitrogens with two attached hydrogens (primary N) is 1. The molecule has 10 atom stereocenters. The van der Waals surface area contributed by atoms with Crippen LogP contribution in [0, 0.1) is 31.6 Å². The molecule has 0 saturated carbocycles. The van der Waals surface area contributed by atoms with E-state index in [4.69, 9.17) is 53.0 Å². The Labute approximate surface area is 530 Å². The van der Waals surface area contributed by atoms with Crippen LogP contribution in [0.15, 0.2) is 112 Å². The second-order valence-corrected chi connectivity index (χ2v) is 22.9.